The Kier molecular flexibility index (Phi) is 2.79. The summed E-state index contributed by atoms with van der Waals surface area (Å²) in [5.41, 5.74) is 2.71. The van der Waals surface area contributed by atoms with Crippen LogP contribution in [0, 0.1) is 0 Å². The topological polar surface area (TPSA) is 64.8 Å². The first-order chi connectivity index (χ1) is 9.24. The van der Waals surface area contributed by atoms with Gasteiger partial charge in [0.15, 0.2) is 0 Å². The number of carbonyl (C=O) groups excluding carboxylic acids is 1. The summed E-state index contributed by atoms with van der Waals surface area (Å²) in [5, 5.41) is 7.66. The molecule has 0 atom stereocenters. The van der Waals surface area contributed by atoms with Crippen molar-refractivity contribution < 1.29 is 4.79 Å². The Morgan fingerprint density at radius 2 is 2.26 bits per heavy atom. The summed E-state index contributed by atoms with van der Waals surface area (Å²) in [6.07, 6.45) is 5.38. The van der Waals surface area contributed by atoms with E-state index in [1.165, 1.54) is 0 Å². The molecule has 5 nitrogen and oxygen atoms in total. The van der Waals surface area contributed by atoms with Gasteiger partial charge in [-0.25, -0.2) is 0 Å². The van der Waals surface area contributed by atoms with Crippen LogP contribution in [-0.2, 0) is 6.54 Å². The number of H-pyrrole nitrogens is 2. The van der Waals surface area contributed by atoms with E-state index in [9.17, 15) is 4.79 Å². The summed E-state index contributed by atoms with van der Waals surface area (Å²) in [4.78, 5) is 17.1. The van der Waals surface area contributed by atoms with E-state index < -0.39 is 0 Å². The smallest absolute Gasteiger partial charge is 0.253 e. The van der Waals surface area contributed by atoms with Crippen LogP contribution in [0.2, 0.25) is 0 Å². The Labute approximate surface area is 110 Å². The zero-order valence-corrected chi connectivity index (χ0v) is 10.6. The van der Waals surface area contributed by atoms with Crippen molar-refractivity contribution in [2.75, 3.05) is 7.05 Å². The van der Waals surface area contributed by atoms with Crippen LogP contribution in [0.15, 0.2) is 42.9 Å². The van der Waals surface area contributed by atoms with Crippen molar-refractivity contribution in [3.63, 3.8) is 0 Å². The SMILES string of the molecule is CN(Cc1cn[nH]c1)C(=O)c1ccc2[nH]ccc2c1. The maximum Gasteiger partial charge on any atom is 0.253 e. The largest absolute Gasteiger partial charge is 0.361 e. The van der Waals surface area contributed by atoms with Gasteiger partial charge in [0, 0.05) is 48.0 Å². The fraction of sp³-hybridized carbons (Fsp3) is 0.143. The first-order valence-electron chi connectivity index (χ1n) is 6.04. The van der Waals surface area contributed by atoms with Crippen LogP contribution in [0.5, 0.6) is 0 Å². The van der Waals surface area contributed by atoms with Crippen LogP contribution in [0.4, 0.5) is 0 Å². The Balaban J connectivity index is 1.82. The Bertz CT molecular complexity index is 699. The summed E-state index contributed by atoms with van der Waals surface area (Å²) >= 11 is 0. The number of hydrogen-bond donors (Lipinski definition) is 2. The highest BCUT2D eigenvalue weighted by Crippen LogP contribution is 2.16. The highest BCUT2D eigenvalue weighted by molar-refractivity contribution is 5.97. The lowest BCUT2D eigenvalue weighted by molar-refractivity contribution is 0.0785. The normalized spacial score (nSPS) is 10.8. The molecule has 2 aromatic heterocycles. The van der Waals surface area contributed by atoms with Gasteiger partial charge in [0.05, 0.1) is 6.20 Å². The second kappa shape index (κ2) is 4.61. The van der Waals surface area contributed by atoms with E-state index >= 15 is 0 Å². The monoisotopic (exact) mass is 254 g/mol. The number of carbonyl (C=O) groups is 1. The maximum absolute atomic E-state index is 12.3. The van der Waals surface area contributed by atoms with Crippen molar-refractivity contribution in [1.82, 2.24) is 20.1 Å². The van der Waals surface area contributed by atoms with Crippen molar-refractivity contribution in [2.24, 2.45) is 0 Å². The molecule has 0 aliphatic heterocycles. The van der Waals surface area contributed by atoms with Crippen molar-refractivity contribution in [2.45, 2.75) is 6.54 Å². The van der Waals surface area contributed by atoms with Gasteiger partial charge in [-0.05, 0) is 24.3 Å². The van der Waals surface area contributed by atoms with Gasteiger partial charge in [-0.1, -0.05) is 0 Å². The third-order valence-electron chi connectivity index (χ3n) is 3.12. The Morgan fingerprint density at radius 1 is 1.37 bits per heavy atom. The van der Waals surface area contributed by atoms with Crippen molar-refractivity contribution in [3.8, 4) is 0 Å². The van der Waals surface area contributed by atoms with E-state index in [0.29, 0.717) is 12.1 Å². The molecule has 2 heterocycles. The molecule has 0 bridgehead atoms. The standard InChI is InChI=1S/C14H14N4O/c1-18(9-10-7-16-17-8-10)14(19)12-2-3-13-11(6-12)4-5-15-13/h2-8,15H,9H2,1H3,(H,16,17). The molecule has 0 spiro atoms. The highest BCUT2D eigenvalue weighted by Gasteiger charge is 2.13. The first kappa shape index (κ1) is 11.5. The average Bonchev–Trinajstić information content (AvgIpc) is 3.07. The van der Waals surface area contributed by atoms with Crippen molar-refractivity contribution in [3.05, 3.63) is 54.0 Å². The molecular weight excluding hydrogens is 240 g/mol. The predicted octanol–water partition coefficient (Wildman–Crippen LogP) is 2.16. The fourth-order valence-electron chi connectivity index (χ4n) is 2.12. The number of fused-ring (bicyclic) bond motifs is 1. The first-order valence-corrected chi connectivity index (χ1v) is 6.04. The summed E-state index contributed by atoms with van der Waals surface area (Å²) in [7, 11) is 1.79. The maximum atomic E-state index is 12.3. The molecule has 0 saturated carbocycles. The minimum atomic E-state index is 0.00398. The third-order valence-corrected chi connectivity index (χ3v) is 3.12. The molecule has 0 aliphatic rings. The average molecular weight is 254 g/mol. The summed E-state index contributed by atoms with van der Waals surface area (Å²) in [5.74, 6) is 0.00398. The molecule has 19 heavy (non-hydrogen) atoms. The number of hydrogen-bond acceptors (Lipinski definition) is 2. The number of amides is 1. The molecule has 3 rings (SSSR count). The summed E-state index contributed by atoms with van der Waals surface area (Å²) in [6.45, 7) is 0.542. The summed E-state index contributed by atoms with van der Waals surface area (Å²) < 4.78 is 0. The molecule has 0 saturated heterocycles. The van der Waals surface area contributed by atoms with Gasteiger partial charge < -0.3 is 9.88 Å². The van der Waals surface area contributed by atoms with Gasteiger partial charge in [-0.3, -0.25) is 9.89 Å². The van der Waals surface area contributed by atoms with Crippen molar-refractivity contribution >= 4 is 16.8 Å². The van der Waals surface area contributed by atoms with Gasteiger partial charge in [0.25, 0.3) is 5.91 Å². The molecule has 96 valence electrons. The van der Waals surface area contributed by atoms with Gasteiger partial charge in [0.1, 0.15) is 0 Å². The van der Waals surface area contributed by atoms with Crippen LogP contribution >= 0.6 is 0 Å². The second-order valence-electron chi connectivity index (χ2n) is 4.55. The number of rotatable bonds is 3. The van der Waals surface area contributed by atoms with Crippen LogP contribution in [0.25, 0.3) is 10.9 Å². The molecule has 0 radical (unpaired) electrons. The van der Waals surface area contributed by atoms with E-state index in [2.05, 4.69) is 15.2 Å². The minimum absolute atomic E-state index is 0.00398. The Hall–Kier alpha value is -2.56. The molecule has 1 aromatic carbocycles. The lowest BCUT2D eigenvalue weighted by atomic mass is 10.1. The molecule has 2 N–H and O–H groups in total. The molecule has 1 amide bonds. The number of aromatic nitrogens is 3. The zero-order chi connectivity index (χ0) is 13.2. The van der Waals surface area contributed by atoms with Crippen LogP contribution < -0.4 is 0 Å². The molecule has 0 aliphatic carbocycles. The molecule has 0 unspecified atom stereocenters. The number of aromatic amines is 2. The van der Waals surface area contributed by atoms with Gasteiger partial charge in [-0.15, -0.1) is 0 Å². The lowest BCUT2D eigenvalue weighted by Gasteiger charge is -2.16. The predicted molar refractivity (Wildman–Crippen MR) is 72.7 cm³/mol. The second-order valence-corrected chi connectivity index (χ2v) is 4.55. The van der Waals surface area contributed by atoms with E-state index in [0.717, 1.165) is 16.5 Å². The minimum Gasteiger partial charge on any atom is -0.361 e. The lowest BCUT2D eigenvalue weighted by Crippen LogP contribution is -2.25. The molecule has 0 fully saturated rings. The van der Waals surface area contributed by atoms with E-state index in [-0.39, 0.29) is 5.91 Å². The quantitative estimate of drug-likeness (QED) is 0.752. The van der Waals surface area contributed by atoms with E-state index in [1.54, 1.807) is 24.3 Å². The van der Waals surface area contributed by atoms with Gasteiger partial charge >= 0.3 is 0 Å². The Morgan fingerprint density at radius 3 is 3.05 bits per heavy atom. The van der Waals surface area contributed by atoms with Gasteiger partial charge in [-0.2, -0.15) is 5.10 Å². The number of nitrogens with one attached hydrogen (secondary N) is 2. The molecular formula is C14H14N4O. The number of benzene rings is 1. The third kappa shape index (κ3) is 2.22. The van der Waals surface area contributed by atoms with Crippen LogP contribution in [-0.4, -0.2) is 33.0 Å². The molecule has 3 aromatic rings. The zero-order valence-electron chi connectivity index (χ0n) is 10.6. The van der Waals surface area contributed by atoms with Crippen LogP contribution in [0.1, 0.15) is 15.9 Å². The fourth-order valence-corrected chi connectivity index (χ4v) is 2.12. The summed E-state index contributed by atoms with van der Waals surface area (Å²) in [6, 6.07) is 7.63. The highest BCUT2D eigenvalue weighted by atomic mass is 16.2. The molecule has 5 heteroatoms. The van der Waals surface area contributed by atoms with Crippen LogP contribution in [0.3, 0.4) is 0 Å². The van der Waals surface area contributed by atoms with Crippen molar-refractivity contribution in [1.29, 1.82) is 0 Å². The van der Waals surface area contributed by atoms with E-state index in [4.69, 9.17) is 0 Å². The van der Waals surface area contributed by atoms with E-state index in [1.807, 2.05) is 30.5 Å². The number of nitrogens with zero attached hydrogens (tertiary/aromatic N) is 2. The van der Waals surface area contributed by atoms with Gasteiger partial charge in [0.2, 0.25) is 0 Å².